The van der Waals surface area contributed by atoms with E-state index in [4.69, 9.17) is 0 Å². The molecule has 2 aromatic carbocycles. The predicted molar refractivity (Wildman–Crippen MR) is 111 cm³/mol. The third-order valence-electron chi connectivity index (χ3n) is 4.30. The molecule has 0 bridgehead atoms. The zero-order valence-corrected chi connectivity index (χ0v) is 17.0. The fraction of sp³-hybridized carbons (Fsp3) is 0.250. The van der Waals surface area contributed by atoms with Gasteiger partial charge < -0.3 is 10.4 Å². The number of carbonyl (C=O) groups is 1. The molecule has 1 heterocycles. The van der Waals surface area contributed by atoms with E-state index in [-0.39, 0.29) is 16.7 Å². The molecule has 0 aliphatic heterocycles. The second kappa shape index (κ2) is 8.83. The van der Waals surface area contributed by atoms with Crippen molar-refractivity contribution in [1.82, 2.24) is 10.0 Å². The summed E-state index contributed by atoms with van der Waals surface area (Å²) < 4.78 is 27.8. The van der Waals surface area contributed by atoms with Crippen LogP contribution in [0.15, 0.2) is 58.8 Å². The Morgan fingerprint density at radius 3 is 2.64 bits per heavy atom. The minimum absolute atomic E-state index is 0.116. The summed E-state index contributed by atoms with van der Waals surface area (Å²) in [7, 11) is -3.72. The van der Waals surface area contributed by atoms with Crippen molar-refractivity contribution in [1.29, 1.82) is 0 Å². The summed E-state index contributed by atoms with van der Waals surface area (Å²) in [6, 6.07) is 16.5. The van der Waals surface area contributed by atoms with Gasteiger partial charge in [-0.3, -0.25) is 4.79 Å². The van der Waals surface area contributed by atoms with Crippen LogP contribution in [0.4, 0.5) is 0 Å². The lowest BCUT2D eigenvalue weighted by molar-refractivity contribution is -0.118. The molecule has 0 aliphatic rings. The fourth-order valence-corrected chi connectivity index (χ4v) is 5.35. The molecule has 6 nitrogen and oxygen atoms in total. The van der Waals surface area contributed by atoms with Gasteiger partial charge in [-0.1, -0.05) is 42.5 Å². The maximum Gasteiger partial charge on any atom is 0.250 e. The molecule has 1 unspecified atom stereocenters. The number of hydrogen-bond acceptors (Lipinski definition) is 5. The monoisotopic (exact) mass is 418 g/mol. The number of aliphatic hydroxyl groups excluding tert-OH is 1. The minimum atomic E-state index is -3.72. The first-order chi connectivity index (χ1) is 13.4. The molecule has 3 rings (SSSR count). The predicted octanol–water partition coefficient (Wildman–Crippen LogP) is 2.59. The molecule has 1 atom stereocenters. The molecule has 0 saturated heterocycles. The highest BCUT2D eigenvalue weighted by atomic mass is 32.2. The van der Waals surface area contributed by atoms with Gasteiger partial charge in [0.1, 0.15) is 4.21 Å². The van der Waals surface area contributed by atoms with Crippen molar-refractivity contribution in [2.45, 2.75) is 23.7 Å². The molecule has 3 aromatic rings. The van der Waals surface area contributed by atoms with E-state index in [1.54, 1.807) is 18.2 Å². The highest BCUT2D eigenvalue weighted by molar-refractivity contribution is 7.91. The third-order valence-corrected chi connectivity index (χ3v) is 7.36. The highest BCUT2D eigenvalue weighted by Gasteiger charge is 2.19. The average molecular weight is 419 g/mol. The molecular formula is C20H22N2O4S2. The minimum Gasteiger partial charge on any atom is -0.387 e. The molecule has 28 heavy (non-hydrogen) atoms. The van der Waals surface area contributed by atoms with Crippen molar-refractivity contribution >= 4 is 38.0 Å². The molecule has 1 aromatic heterocycles. The Hall–Kier alpha value is -2.26. The van der Waals surface area contributed by atoms with E-state index < -0.39 is 16.1 Å². The molecular weight excluding hydrogens is 396 g/mol. The Labute approximate surface area is 168 Å². The van der Waals surface area contributed by atoms with Gasteiger partial charge in [0.2, 0.25) is 15.9 Å². The van der Waals surface area contributed by atoms with E-state index in [0.717, 1.165) is 27.0 Å². The molecule has 0 spiro atoms. The number of amides is 1. The van der Waals surface area contributed by atoms with Gasteiger partial charge in [0, 0.05) is 24.9 Å². The van der Waals surface area contributed by atoms with E-state index in [1.165, 1.54) is 6.92 Å². The summed E-state index contributed by atoms with van der Waals surface area (Å²) in [5.74, 6) is -0.117. The van der Waals surface area contributed by atoms with Crippen LogP contribution in [-0.2, 0) is 21.2 Å². The maximum atomic E-state index is 12.5. The van der Waals surface area contributed by atoms with Crippen LogP contribution in [0, 0.1) is 0 Å². The van der Waals surface area contributed by atoms with Crippen LogP contribution in [-0.4, -0.2) is 32.5 Å². The Morgan fingerprint density at radius 2 is 1.86 bits per heavy atom. The van der Waals surface area contributed by atoms with Gasteiger partial charge in [0.25, 0.3) is 0 Å². The van der Waals surface area contributed by atoms with Crippen molar-refractivity contribution in [3.63, 3.8) is 0 Å². The van der Waals surface area contributed by atoms with Gasteiger partial charge in [0.15, 0.2) is 0 Å². The van der Waals surface area contributed by atoms with Crippen LogP contribution < -0.4 is 10.0 Å². The van der Waals surface area contributed by atoms with E-state index >= 15 is 0 Å². The zero-order chi connectivity index (χ0) is 20.1. The lowest BCUT2D eigenvalue weighted by Gasteiger charge is -2.14. The van der Waals surface area contributed by atoms with E-state index in [0.29, 0.717) is 18.5 Å². The summed E-state index contributed by atoms with van der Waals surface area (Å²) in [5, 5.41) is 15.1. The van der Waals surface area contributed by atoms with E-state index in [1.807, 2.05) is 36.4 Å². The molecule has 8 heteroatoms. The first-order valence-corrected chi connectivity index (χ1v) is 11.2. The molecule has 0 saturated carbocycles. The SMILES string of the molecule is CC(=O)NCCc1ccc(S(=O)(=O)NCC(O)c2cccc3ccccc23)s1. The van der Waals surface area contributed by atoms with Gasteiger partial charge in [-0.05, 0) is 34.9 Å². The molecule has 1 amide bonds. The van der Waals surface area contributed by atoms with Crippen molar-refractivity contribution in [2.75, 3.05) is 13.1 Å². The standard InChI is InChI=1S/C20H22N2O4S2/c1-14(23)21-12-11-16-9-10-20(27-16)28(25,26)22-13-19(24)18-8-4-6-15-5-2-3-7-17(15)18/h2-10,19,22,24H,11-13H2,1H3,(H,21,23). The molecule has 0 radical (unpaired) electrons. The number of thiophene rings is 1. The maximum absolute atomic E-state index is 12.5. The van der Waals surface area contributed by atoms with Crippen molar-refractivity contribution in [3.05, 3.63) is 65.0 Å². The topological polar surface area (TPSA) is 95.5 Å². The Kier molecular flexibility index (Phi) is 6.46. The quantitative estimate of drug-likeness (QED) is 0.524. The van der Waals surface area contributed by atoms with Crippen LogP contribution in [0.25, 0.3) is 10.8 Å². The molecule has 148 valence electrons. The molecule has 3 N–H and O–H groups in total. The number of benzene rings is 2. The largest absolute Gasteiger partial charge is 0.387 e. The normalized spacial score (nSPS) is 12.8. The van der Waals surface area contributed by atoms with Crippen LogP contribution >= 0.6 is 11.3 Å². The van der Waals surface area contributed by atoms with E-state index in [2.05, 4.69) is 10.0 Å². The van der Waals surface area contributed by atoms with Crippen molar-refractivity contribution < 1.29 is 18.3 Å². The van der Waals surface area contributed by atoms with Crippen LogP contribution in [0.2, 0.25) is 0 Å². The second-order valence-electron chi connectivity index (χ2n) is 6.39. The van der Waals surface area contributed by atoms with Gasteiger partial charge in [-0.15, -0.1) is 11.3 Å². The Balaban J connectivity index is 1.66. The number of fused-ring (bicyclic) bond motifs is 1. The van der Waals surface area contributed by atoms with Crippen LogP contribution in [0.5, 0.6) is 0 Å². The summed E-state index contributed by atoms with van der Waals surface area (Å²) in [4.78, 5) is 11.8. The molecule has 0 aliphatic carbocycles. The molecule has 0 fully saturated rings. The van der Waals surface area contributed by atoms with Gasteiger partial charge >= 0.3 is 0 Å². The first kappa shape index (κ1) is 20.5. The number of sulfonamides is 1. The lowest BCUT2D eigenvalue weighted by atomic mass is 10.0. The summed E-state index contributed by atoms with van der Waals surface area (Å²) in [5.41, 5.74) is 0.683. The lowest BCUT2D eigenvalue weighted by Crippen LogP contribution is -2.28. The zero-order valence-electron chi connectivity index (χ0n) is 15.4. The van der Waals surface area contributed by atoms with E-state index in [9.17, 15) is 18.3 Å². The fourth-order valence-electron chi connectivity index (χ4n) is 2.91. The third kappa shape index (κ3) is 4.96. The second-order valence-corrected chi connectivity index (χ2v) is 9.55. The number of rotatable bonds is 8. The Morgan fingerprint density at radius 1 is 1.11 bits per heavy atom. The van der Waals surface area contributed by atoms with Crippen LogP contribution in [0.3, 0.4) is 0 Å². The number of carbonyl (C=O) groups excluding carboxylic acids is 1. The van der Waals surface area contributed by atoms with Crippen molar-refractivity contribution in [3.8, 4) is 0 Å². The van der Waals surface area contributed by atoms with Crippen molar-refractivity contribution in [2.24, 2.45) is 0 Å². The van der Waals surface area contributed by atoms with Gasteiger partial charge in [-0.2, -0.15) is 0 Å². The number of hydrogen-bond donors (Lipinski definition) is 3. The summed E-state index contributed by atoms with van der Waals surface area (Å²) in [6.07, 6.45) is -0.390. The summed E-state index contributed by atoms with van der Waals surface area (Å²) >= 11 is 1.16. The van der Waals surface area contributed by atoms with Gasteiger partial charge in [-0.25, -0.2) is 13.1 Å². The summed E-state index contributed by atoms with van der Waals surface area (Å²) in [6.45, 7) is 1.79. The first-order valence-electron chi connectivity index (χ1n) is 8.85. The Bertz CT molecular complexity index is 1070. The number of nitrogens with one attached hydrogen (secondary N) is 2. The number of aliphatic hydroxyl groups is 1. The van der Waals surface area contributed by atoms with Gasteiger partial charge in [0.05, 0.1) is 6.10 Å². The average Bonchev–Trinajstić information content (AvgIpc) is 3.15. The smallest absolute Gasteiger partial charge is 0.250 e. The van der Waals surface area contributed by atoms with Crippen LogP contribution in [0.1, 0.15) is 23.5 Å². The highest BCUT2D eigenvalue weighted by Crippen LogP contribution is 2.25.